The molecule has 3 rings (SSSR count). The predicted molar refractivity (Wildman–Crippen MR) is 40.3 cm³/mol. The lowest BCUT2D eigenvalue weighted by Crippen LogP contribution is -2.56. The molecule has 2 heterocycles. The number of amidine groups is 1. The van der Waals surface area contributed by atoms with Crippen LogP contribution in [0.25, 0.3) is 0 Å². The van der Waals surface area contributed by atoms with Gasteiger partial charge in [-0.05, 0) is 12.8 Å². The van der Waals surface area contributed by atoms with Crippen LogP contribution < -0.4 is 0 Å². The fourth-order valence-corrected chi connectivity index (χ4v) is 2.57. The Balaban J connectivity index is 1.96. The van der Waals surface area contributed by atoms with Crippen molar-refractivity contribution >= 4 is 11.7 Å². The van der Waals surface area contributed by atoms with Crippen molar-refractivity contribution in [3.63, 3.8) is 0 Å². The number of aliphatic imine (C=N–C) groups is 1. The lowest BCUT2D eigenvalue weighted by atomic mass is 9.91. The fraction of sp³-hybridized carbons (Fsp3) is 0.750. The van der Waals surface area contributed by atoms with Gasteiger partial charge >= 0.3 is 0 Å². The second-order valence-corrected chi connectivity index (χ2v) is 3.60. The molecule has 2 unspecified atom stereocenters. The van der Waals surface area contributed by atoms with Crippen molar-refractivity contribution in [2.45, 2.75) is 25.3 Å². The summed E-state index contributed by atoms with van der Waals surface area (Å²) in [6.45, 7) is 0.566. The van der Waals surface area contributed by atoms with Crippen molar-refractivity contribution in [3.05, 3.63) is 0 Å². The minimum atomic E-state index is 0.0643. The maximum atomic E-state index is 10.9. The fourth-order valence-electron chi connectivity index (χ4n) is 2.57. The maximum absolute atomic E-state index is 10.9. The maximum Gasteiger partial charge on any atom is 0.266 e. The molecule has 0 aromatic heterocycles. The van der Waals surface area contributed by atoms with Gasteiger partial charge in [-0.2, -0.15) is 4.99 Å². The van der Waals surface area contributed by atoms with E-state index in [0.29, 0.717) is 18.5 Å². The first-order chi connectivity index (χ1) is 5.36. The van der Waals surface area contributed by atoms with Gasteiger partial charge in [0.1, 0.15) is 12.4 Å². The second kappa shape index (κ2) is 1.65. The number of carbonyl (C=O) groups excluding carboxylic acids is 1. The summed E-state index contributed by atoms with van der Waals surface area (Å²) in [5.74, 6) is 1.81. The number of fused-ring (bicyclic) bond motifs is 4. The molecule has 3 aliphatic rings. The number of nitrogens with zero attached hydrogens (tertiary/aromatic N) is 2. The van der Waals surface area contributed by atoms with Crippen molar-refractivity contribution < 1.29 is 4.79 Å². The minimum Gasteiger partial charge on any atom is -0.347 e. The molecule has 2 atom stereocenters. The first-order valence-corrected chi connectivity index (χ1v) is 4.24. The molecule has 1 saturated heterocycles. The largest absolute Gasteiger partial charge is 0.347 e. The average molecular weight is 150 g/mol. The van der Waals surface area contributed by atoms with Crippen molar-refractivity contribution in [2.75, 3.05) is 6.54 Å². The molecular weight excluding hydrogens is 140 g/mol. The molecule has 3 nitrogen and oxygen atoms in total. The third-order valence-electron chi connectivity index (χ3n) is 3.05. The molecule has 3 heteroatoms. The Morgan fingerprint density at radius 1 is 1.45 bits per heavy atom. The molecule has 0 radical (unpaired) electrons. The first kappa shape index (κ1) is 5.75. The van der Waals surface area contributed by atoms with Gasteiger partial charge in [-0.25, -0.2) is 0 Å². The Morgan fingerprint density at radius 3 is 3.27 bits per heavy atom. The quantitative estimate of drug-likeness (QED) is 0.501. The highest BCUT2D eigenvalue weighted by molar-refractivity contribution is 6.06. The molecule has 1 aliphatic carbocycles. The van der Waals surface area contributed by atoms with Gasteiger partial charge < -0.3 is 4.90 Å². The van der Waals surface area contributed by atoms with Gasteiger partial charge in [0.25, 0.3) is 5.91 Å². The molecular formula is C8H10N2O. The van der Waals surface area contributed by atoms with Crippen LogP contribution in [0.5, 0.6) is 0 Å². The molecule has 0 bridgehead atoms. The molecule has 0 aromatic carbocycles. The Morgan fingerprint density at radius 2 is 2.36 bits per heavy atom. The Bertz CT molecular complexity index is 251. The SMILES string of the molecule is O=C1CN2C(=N1)C1CCCC12. The van der Waals surface area contributed by atoms with Gasteiger partial charge in [-0.3, -0.25) is 4.79 Å². The molecule has 1 saturated carbocycles. The summed E-state index contributed by atoms with van der Waals surface area (Å²) >= 11 is 0. The molecule has 2 fully saturated rings. The third-order valence-corrected chi connectivity index (χ3v) is 3.05. The molecule has 11 heavy (non-hydrogen) atoms. The zero-order valence-corrected chi connectivity index (χ0v) is 6.29. The molecule has 0 spiro atoms. The highest BCUT2D eigenvalue weighted by atomic mass is 16.2. The van der Waals surface area contributed by atoms with E-state index in [2.05, 4.69) is 9.89 Å². The first-order valence-electron chi connectivity index (χ1n) is 4.24. The average Bonchev–Trinajstić information content (AvgIpc) is 2.49. The van der Waals surface area contributed by atoms with Crippen LogP contribution in [0.3, 0.4) is 0 Å². The van der Waals surface area contributed by atoms with E-state index in [4.69, 9.17) is 0 Å². The normalized spacial score (nSPS) is 39.8. The highest BCUT2D eigenvalue weighted by Gasteiger charge is 2.50. The van der Waals surface area contributed by atoms with E-state index in [-0.39, 0.29) is 5.91 Å². The van der Waals surface area contributed by atoms with E-state index in [1.165, 1.54) is 19.3 Å². The topological polar surface area (TPSA) is 32.7 Å². The van der Waals surface area contributed by atoms with Crippen LogP contribution in [0.4, 0.5) is 0 Å². The van der Waals surface area contributed by atoms with E-state index in [9.17, 15) is 4.79 Å². The van der Waals surface area contributed by atoms with Crippen LogP contribution in [0, 0.1) is 5.92 Å². The van der Waals surface area contributed by atoms with Gasteiger partial charge in [-0.1, -0.05) is 6.42 Å². The Kier molecular flexibility index (Phi) is 0.864. The highest BCUT2D eigenvalue weighted by Crippen LogP contribution is 2.42. The van der Waals surface area contributed by atoms with Crippen molar-refractivity contribution in [1.82, 2.24) is 4.90 Å². The molecule has 58 valence electrons. The van der Waals surface area contributed by atoms with Gasteiger partial charge in [0.05, 0.1) is 0 Å². The van der Waals surface area contributed by atoms with Gasteiger partial charge in [0, 0.05) is 12.0 Å². The number of rotatable bonds is 0. The summed E-state index contributed by atoms with van der Waals surface area (Å²) in [7, 11) is 0. The van der Waals surface area contributed by atoms with Gasteiger partial charge in [0.2, 0.25) is 0 Å². The Hall–Kier alpha value is -0.860. The standard InChI is InChI=1S/C8H10N2O/c11-7-4-10-6-3-1-2-5(6)8(10)9-7/h5-6H,1-4H2. The third kappa shape index (κ3) is 0.549. The van der Waals surface area contributed by atoms with E-state index in [1.807, 2.05) is 0 Å². The smallest absolute Gasteiger partial charge is 0.266 e. The monoisotopic (exact) mass is 150 g/mol. The van der Waals surface area contributed by atoms with Gasteiger partial charge in [-0.15, -0.1) is 0 Å². The zero-order valence-electron chi connectivity index (χ0n) is 6.29. The zero-order chi connectivity index (χ0) is 7.42. The van der Waals surface area contributed by atoms with Crippen LogP contribution in [0.1, 0.15) is 19.3 Å². The summed E-state index contributed by atoms with van der Waals surface area (Å²) in [5.41, 5.74) is 0. The summed E-state index contributed by atoms with van der Waals surface area (Å²) in [5, 5.41) is 0. The van der Waals surface area contributed by atoms with Crippen LogP contribution in [-0.2, 0) is 4.79 Å². The van der Waals surface area contributed by atoms with Crippen molar-refractivity contribution in [3.8, 4) is 0 Å². The van der Waals surface area contributed by atoms with Crippen molar-refractivity contribution in [2.24, 2.45) is 10.9 Å². The summed E-state index contributed by atoms with van der Waals surface area (Å²) in [6, 6.07) is 0.681. The van der Waals surface area contributed by atoms with E-state index < -0.39 is 0 Å². The number of hydrogen-bond acceptors (Lipinski definition) is 2. The molecule has 0 N–H and O–H groups in total. The lowest BCUT2D eigenvalue weighted by Gasteiger charge is -2.43. The second-order valence-electron chi connectivity index (χ2n) is 3.60. The van der Waals surface area contributed by atoms with E-state index in [1.54, 1.807) is 0 Å². The summed E-state index contributed by atoms with van der Waals surface area (Å²) < 4.78 is 0. The number of hydrogen-bond donors (Lipinski definition) is 0. The summed E-state index contributed by atoms with van der Waals surface area (Å²) in [6.07, 6.45) is 3.85. The van der Waals surface area contributed by atoms with Gasteiger partial charge in [0.15, 0.2) is 0 Å². The van der Waals surface area contributed by atoms with Crippen LogP contribution in [0.2, 0.25) is 0 Å². The Labute approximate surface area is 65.1 Å². The minimum absolute atomic E-state index is 0.0643. The molecule has 0 aromatic rings. The lowest BCUT2D eigenvalue weighted by molar-refractivity contribution is -0.117. The van der Waals surface area contributed by atoms with Crippen LogP contribution in [0.15, 0.2) is 4.99 Å². The summed E-state index contributed by atoms with van der Waals surface area (Å²) in [4.78, 5) is 17.1. The molecule has 1 amide bonds. The van der Waals surface area contributed by atoms with Crippen LogP contribution >= 0.6 is 0 Å². The number of carbonyl (C=O) groups is 1. The number of amides is 1. The van der Waals surface area contributed by atoms with Crippen LogP contribution in [-0.4, -0.2) is 29.2 Å². The molecule has 2 aliphatic heterocycles. The van der Waals surface area contributed by atoms with Crippen molar-refractivity contribution in [1.29, 1.82) is 0 Å². The predicted octanol–water partition coefficient (Wildman–Crippen LogP) is 0.409. The van der Waals surface area contributed by atoms with E-state index in [0.717, 1.165) is 5.84 Å². The van der Waals surface area contributed by atoms with E-state index >= 15 is 0 Å².